The second-order valence-electron chi connectivity index (χ2n) is 5.92. The number of aryl methyl sites for hydroxylation is 1. The molecule has 3 rings (SSSR count). The van der Waals surface area contributed by atoms with Crippen LogP contribution in [-0.2, 0) is 9.53 Å². The van der Waals surface area contributed by atoms with Crippen LogP contribution < -0.4 is 0 Å². The van der Waals surface area contributed by atoms with Crippen LogP contribution in [0.1, 0.15) is 46.3 Å². The first-order valence-corrected chi connectivity index (χ1v) is 9.12. The molecule has 0 aliphatic heterocycles. The Hall–Kier alpha value is -2.87. The molecule has 0 amide bonds. The van der Waals surface area contributed by atoms with Gasteiger partial charge in [0.15, 0.2) is 11.9 Å². The van der Waals surface area contributed by atoms with E-state index >= 15 is 0 Å². The molecule has 0 aliphatic carbocycles. The lowest BCUT2D eigenvalue weighted by Gasteiger charge is -2.08. The first-order valence-electron chi connectivity index (χ1n) is 8.31. The highest BCUT2D eigenvalue weighted by molar-refractivity contribution is 7.14. The number of ether oxygens (including phenoxy) is 1. The molecule has 0 fully saturated rings. The molecule has 3 aromatic rings. The average molecular weight is 388 g/mol. The molecule has 1 aromatic carbocycles. The molecule has 0 saturated heterocycles. The molecule has 0 spiro atoms. The predicted octanol–water partition coefficient (Wildman–Crippen LogP) is 4.51. The lowest BCUT2D eigenvalue weighted by molar-refractivity contribution is -0.149. The maximum absolute atomic E-state index is 13.0. The number of carbonyl (C=O) groups excluding carboxylic acids is 2. The van der Waals surface area contributed by atoms with E-state index in [2.05, 4.69) is 10.2 Å². The van der Waals surface area contributed by atoms with Crippen LogP contribution >= 0.6 is 11.3 Å². The zero-order chi connectivity index (χ0) is 19.4. The fourth-order valence-electron chi connectivity index (χ4n) is 2.34. The molecule has 1 atom stereocenters. The van der Waals surface area contributed by atoms with E-state index in [0.717, 1.165) is 4.88 Å². The average Bonchev–Trinajstić information content (AvgIpc) is 3.30. The fraction of sp³-hybridized carbons (Fsp3) is 0.263. The zero-order valence-corrected chi connectivity index (χ0v) is 15.6. The molecule has 27 heavy (non-hydrogen) atoms. The maximum atomic E-state index is 13.0. The van der Waals surface area contributed by atoms with Crippen molar-refractivity contribution >= 4 is 23.1 Å². The van der Waals surface area contributed by atoms with Crippen LogP contribution in [0.15, 0.2) is 40.8 Å². The van der Waals surface area contributed by atoms with Crippen molar-refractivity contribution < 1.29 is 23.1 Å². The molecule has 140 valence electrons. The number of Topliss-reactive ketones (excluding diaryl/α,β-unsaturated/α-hetero) is 1. The fourth-order valence-corrected chi connectivity index (χ4v) is 3.17. The number of ketones is 1. The molecule has 0 unspecified atom stereocenters. The first kappa shape index (κ1) is 18.9. The van der Waals surface area contributed by atoms with Crippen molar-refractivity contribution in [2.45, 2.75) is 32.8 Å². The van der Waals surface area contributed by atoms with Crippen LogP contribution in [0.25, 0.3) is 11.5 Å². The normalized spacial score (nSPS) is 12.0. The third-order valence-corrected chi connectivity index (χ3v) is 4.80. The number of halogens is 1. The van der Waals surface area contributed by atoms with Crippen LogP contribution in [0.5, 0.6) is 0 Å². The van der Waals surface area contributed by atoms with Gasteiger partial charge < -0.3 is 9.15 Å². The molecular weight excluding hydrogens is 371 g/mol. The van der Waals surface area contributed by atoms with E-state index in [4.69, 9.17) is 9.15 Å². The number of hydrogen-bond acceptors (Lipinski definition) is 7. The van der Waals surface area contributed by atoms with E-state index in [1.807, 2.05) is 13.0 Å². The van der Waals surface area contributed by atoms with E-state index in [1.165, 1.54) is 35.6 Å². The van der Waals surface area contributed by atoms with Gasteiger partial charge in [-0.1, -0.05) is 0 Å². The summed E-state index contributed by atoms with van der Waals surface area (Å²) in [6.07, 6.45) is -0.701. The minimum atomic E-state index is -0.752. The van der Waals surface area contributed by atoms with Crippen molar-refractivity contribution in [1.82, 2.24) is 10.2 Å². The minimum absolute atomic E-state index is 0.0287. The van der Waals surface area contributed by atoms with Gasteiger partial charge in [-0.25, -0.2) is 4.39 Å². The van der Waals surface area contributed by atoms with Crippen LogP contribution in [0.2, 0.25) is 0 Å². The molecule has 2 heterocycles. The molecule has 6 nitrogen and oxygen atoms in total. The van der Waals surface area contributed by atoms with E-state index in [1.54, 1.807) is 13.0 Å². The Morgan fingerprint density at radius 2 is 1.89 bits per heavy atom. The van der Waals surface area contributed by atoms with Crippen molar-refractivity contribution in [1.29, 1.82) is 0 Å². The molecular formula is C19H17FN2O4S. The van der Waals surface area contributed by atoms with Crippen molar-refractivity contribution in [2.24, 2.45) is 0 Å². The van der Waals surface area contributed by atoms with Gasteiger partial charge >= 0.3 is 5.97 Å². The van der Waals surface area contributed by atoms with Gasteiger partial charge in [0.1, 0.15) is 5.82 Å². The van der Waals surface area contributed by atoms with Gasteiger partial charge in [0.05, 0.1) is 11.3 Å². The smallest absolute Gasteiger partial charge is 0.307 e. The van der Waals surface area contributed by atoms with Crippen molar-refractivity contribution in [3.8, 4) is 11.5 Å². The summed E-state index contributed by atoms with van der Waals surface area (Å²) in [5.41, 5.74) is 0.561. The lowest BCUT2D eigenvalue weighted by atomic mass is 10.2. The minimum Gasteiger partial charge on any atom is -0.453 e. The van der Waals surface area contributed by atoms with Gasteiger partial charge in [-0.3, -0.25) is 9.59 Å². The highest BCUT2D eigenvalue weighted by Gasteiger charge is 2.20. The lowest BCUT2D eigenvalue weighted by Crippen LogP contribution is -2.11. The summed E-state index contributed by atoms with van der Waals surface area (Å²) >= 11 is 1.40. The third-order valence-electron chi connectivity index (χ3n) is 3.76. The van der Waals surface area contributed by atoms with Crippen LogP contribution in [-0.4, -0.2) is 21.9 Å². The summed E-state index contributed by atoms with van der Waals surface area (Å²) in [5, 5.41) is 7.74. The summed E-state index contributed by atoms with van der Waals surface area (Å²) < 4.78 is 23.7. The quantitative estimate of drug-likeness (QED) is 0.437. The molecule has 0 aliphatic rings. The van der Waals surface area contributed by atoms with Gasteiger partial charge in [-0.15, -0.1) is 21.5 Å². The summed E-state index contributed by atoms with van der Waals surface area (Å²) in [6, 6.07) is 9.23. The summed E-state index contributed by atoms with van der Waals surface area (Å²) in [7, 11) is 0. The van der Waals surface area contributed by atoms with Crippen molar-refractivity contribution in [3.63, 3.8) is 0 Å². The standard InChI is InChI=1S/C19H17FN2O4S/c1-11-3-9-16(27-11)15(23)8-10-17(24)25-12(2)18-21-22-19(26-18)13-4-6-14(20)7-5-13/h3-7,9,12H,8,10H2,1-2H3/t12-/m1/s1. The number of thiophene rings is 1. The summed E-state index contributed by atoms with van der Waals surface area (Å²) in [4.78, 5) is 25.7. The Morgan fingerprint density at radius 1 is 1.15 bits per heavy atom. The molecule has 0 radical (unpaired) electrons. The van der Waals surface area contributed by atoms with Gasteiger partial charge in [0, 0.05) is 16.9 Å². The number of benzene rings is 1. The highest BCUT2D eigenvalue weighted by Crippen LogP contribution is 2.23. The molecule has 0 N–H and O–H groups in total. The van der Waals surface area contributed by atoms with Crippen molar-refractivity contribution in [3.05, 3.63) is 57.9 Å². The van der Waals surface area contributed by atoms with E-state index in [-0.39, 0.29) is 36.2 Å². The Kier molecular flexibility index (Phi) is 5.75. The monoisotopic (exact) mass is 388 g/mol. The molecule has 8 heteroatoms. The van der Waals surface area contributed by atoms with Gasteiger partial charge in [-0.2, -0.15) is 0 Å². The molecule has 2 aromatic heterocycles. The number of rotatable bonds is 7. The van der Waals surface area contributed by atoms with Crippen LogP contribution in [0.3, 0.4) is 0 Å². The molecule has 0 bridgehead atoms. The van der Waals surface area contributed by atoms with Crippen molar-refractivity contribution in [2.75, 3.05) is 0 Å². The Bertz CT molecular complexity index is 949. The number of aromatic nitrogens is 2. The largest absolute Gasteiger partial charge is 0.453 e. The first-order chi connectivity index (χ1) is 12.9. The SMILES string of the molecule is Cc1ccc(C(=O)CCC(=O)O[C@H](C)c2nnc(-c3ccc(F)cc3)o2)s1. The Morgan fingerprint density at radius 3 is 2.56 bits per heavy atom. The van der Waals surface area contributed by atoms with Gasteiger partial charge in [-0.05, 0) is 50.2 Å². The van der Waals surface area contributed by atoms with E-state index in [9.17, 15) is 14.0 Å². The second-order valence-corrected chi connectivity index (χ2v) is 7.21. The Labute approximate surface area is 159 Å². The number of esters is 1. The summed E-state index contributed by atoms with van der Waals surface area (Å²) in [5.74, 6) is -0.646. The van der Waals surface area contributed by atoms with Gasteiger partial charge in [0.2, 0.25) is 5.89 Å². The van der Waals surface area contributed by atoms with E-state index < -0.39 is 12.1 Å². The number of nitrogens with zero attached hydrogens (tertiary/aromatic N) is 2. The molecule has 0 saturated carbocycles. The maximum Gasteiger partial charge on any atom is 0.307 e. The number of hydrogen-bond donors (Lipinski definition) is 0. The van der Waals surface area contributed by atoms with E-state index in [0.29, 0.717) is 10.4 Å². The van der Waals surface area contributed by atoms with Crippen LogP contribution in [0.4, 0.5) is 4.39 Å². The highest BCUT2D eigenvalue weighted by atomic mass is 32.1. The van der Waals surface area contributed by atoms with Gasteiger partial charge in [0.25, 0.3) is 5.89 Å². The topological polar surface area (TPSA) is 82.3 Å². The second kappa shape index (κ2) is 8.22. The Balaban J connectivity index is 1.54. The van der Waals surface area contributed by atoms with Crippen LogP contribution in [0, 0.1) is 12.7 Å². The summed E-state index contributed by atoms with van der Waals surface area (Å²) in [6.45, 7) is 3.52. The predicted molar refractivity (Wildman–Crippen MR) is 96.8 cm³/mol. The zero-order valence-electron chi connectivity index (χ0n) is 14.8. The third kappa shape index (κ3) is 4.85. The number of carbonyl (C=O) groups is 2.